The summed E-state index contributed by atoms with van der Waals surface area (Å²) in [6, 6.07) is 16.6. The number of hydrogen-bond donors (Lipinski definition) is 1. The Labute approximate surface area is 196 Å². The number of carbonyl (C=O) groups excluding carboxylic acids is 2. The van der Waals surface area contributed by atoms with E-state index in [1.165, 1.54) is 29.0 Å². The average Bonchev–Trinajstić information content (AvgIpc) is 3.19. The van der Waals surface area contributed by atoms with Crippen LogP contribution >= 0.6 is 11.8 Å². The van der Waals surface area contributed by atoms with Crippen molar-refractivity contribution in [2.75, 3.05) is 18.0 Å². The zero-order chi connectivity index (χ0) is 23.2. The van der Waals surface area contributed by atoms with Gasteiger partial charge in [0.05, 0.1) is 18.8 Å². The molecule has 0 saturated carbocycles. The average molecular weight is 466 g/mol. The molecule has 1 aliphatic heterocycles. The summed E-state index contributed by atoms with van der Waals surface area (Å²) in [6.07, 6.45) is 2.57. The number of amides is 2. The van der Waals surface area contributed by atoms with Gasteiger partial charge in [0.2, 0.25) is 5.91 Å². The number of benzene rings is 2. The number of halogens is 1. The number of hydrogen-bond acceptors (Lipinski definition) is 5. The van der Waals surface area contributed by atoms with Gasteiger partial charge in [-0.05, 0) is 47.0 Å². The fraction of sp³-hybridized carbons (Fsp3) is 0.240. The minimum absolute atomic E-state index is 0.196. The van der Waals surface area contributed by atoms with Crippen molar-refractivity contribution in [2.45, 2.75) is 24.5 Å². The van der Waals surface area contributed by atoms with Crippen molar-refractivity contribution in [1.29, 1.82) is 0 Å². The van der Waals surface area contributed by atoms with Crippen LogP contribution in [0.25, 0.3) is 11.1 Å². The van der Waals surface area contributed by atoms with Crippen LogP contribution in [0, 0.1) is 5.82 Å². The van der Waals surface area contributed by atoms with E-state index in [0.29, 0.717) is 11.3 Å². The number of carbonyl (C=O) groups is 2. The molecule has 1 aromatic heterocycles. The maximum absolute atomic E-state index is 14.9. The zero-order valence-corrected chi connectivity index (χ0v) is 19.0. The largest absolute Gasteiger partial charge is 0.442 e. The molecule has 2 aromatic carbocycles. The second kappa shape index (κ2) is 10.5. The van der Waals surface area contributed by atoms with Gasteiger partial charge in [-0.1, -0.05) is 24.3 Å². The van der Waals surface area contributed by atoms with Crippen molar-refractivity contribution in [3.05, 3.63) is 83.9 Å². The second-order valence-corrected chi connectivity index (χ2v) is 8.75. The molecule has 1 atom stereocenters. The Balaban J connectivity index is 1.37. The number of ether oxygens (including phenoxy) is 1. The molecule has 0 spiro atoms. The first kappa shape index (κ1) is 22.8. The second-order valence-electron chi connectivity index (χ2n) is 7.76. The molecule has 3 aromatic rings. The Morgan fingerprint density at radius 2 is 1.82 bits per heavy atom. The number of pyridine rings is 1. The van der Waals surface area contributed by atoms with E-state index >= 15 is 0 Å². The van der Waals surface area contributed by atoms with E-state index in [-0.39, 0.29) is 19.0 Å². The third-order valence-corrected chi connectivity index (χ3v) is 6.34. The number of rotatable bonds is 8. The molecule has 1 saturated heterocycles. The number of anilines is 1. The molecule has 2 amide bonds. The summed E-state index contributed by atoms with van der Waals surface area (Å²) in [5, 5.41) is 2.63. The van der Waals surface area contributed by atoms with Gasteiger partial charge < -0.3 is 10.1 Å². The Morgan fingerprint density at radius 1 is 1.12 bits per heavy atom. The lowest BCUT2D eigenvalue weighted by molar-refractivity contribution is -0.119. The van der Waals surface area contributed by atoms with Gasteiger partial charge in [-0.15, -0.1) is 0 Å². The van der Waals surface area contributed by atoms with Crippen LogP contribution in [0.2, 0.25) is 0 Å². The highest BCUT2D eigenvalue weighted by molar-refractivity contribution is 7.97. The first-order valence-electron chi connectivity index (χ1n) is 10.6. The summed E-state index contributed by atoms with van der Waals surface area (Å²) in [5.74, 6) is 1.16. The molecule has 1 aliphatic rings. The van der Waals surface area contributed by atoms with E-state index in [1.54, 1.807) is 24.5 Å². The van der Waals surface area contributed by atoms with Gasteiger partial charge in [-0.25, -0.2) is 9.18 Å². The van der Waals surface area contributed by atoms with Gasteiger partial charge in [-0.2, -0.15) is 11.8 Å². The van der Waals surface area contributed by atoms with Crippen LogP contribution in [0.15, 0.2) is 67.0 Å². The monoisotopic (exact) mass is 465 g/mol. The summed E-state index contributed by atoms with van der Waals surface area (Å²) in [4.78, 5) is 28.6. The van der Waals surface area contributed by atoms with Crippen LogP contribution in [-0.2, 0) is 21.0 Å². The predicted octanol–water partition coefficient (Wildman–Crippen LogP) is 4.78. The van der Waals surface area contributed by atoms with Gasteiger partial charge in [0, 0.05) is 36.4 Å². The molecule has 6 nitrogen and oxygen atoms in total. The molecular weight excluding hydrogens is 441 g/mol. The Morgan fingerprint density at radius 3 is 2.48 bits per heavy atom. The standard InChI is InChI=1S/C25H24FN3O3S/c1-17(30)28-13-22-14-29(25(31)32-22)21-6-7-23(24(26)12-21)20-4-2-18(3-5-20)15-33-16-19-8-10-27-11-9-19/h2-12,22H,13-16H2,1H3,(H,28,30)/t22-/m0/s1. The molecule has 8 heteroatoms. The highest BCUT2D eigenvalue weighted by atomic mass is 32.2. The fourth-order valence-electron chi connectivity index (χ4n) is 3.55. The van der Waals surface area contributed by atoms with Gasteiger partial charge >= 0.3 is 6.09 Å². The number of aromatic nitrogens is 1. The summed E-state index contributed by atoms with van der Waals surface area (Å²) >= 11 is 1.81. The Kier molecular flexibility index (Phi) is 7.24. The zero-order valence-electron chi connectivity index (χ0n) is 18.2. The quantitative estimate of drug-likeness (QED) is 0.518. The van der Waals surface area contributed by atoms with Gasteiger partial charge in [0.15, 0.2) is 0 Å². The molecule has 2 heterocycles. The van der Waals surface area contributed by atoms with Crippen LogP contribution in [-0.4, -0.2) is 36.2 Å². The minimum atomic E-state index is -0.550. The normalized spacial score (nSPS) is 15.4. The predicted molar refractivity (Wildman–Crippen MR) is 127 cm³/mol. The van der Waals surface area contributed by atoms with Crippen molar-refractivity contribution in [1.82, 2.24) is 10.3 Å². The number of nitrogens with one attached hydrogen (secondary N) is 1. The molecule has 170 valence electrons. The van der Waals surface area contributed by atoms with E-state index in [0.717, 1.165) is 17.1 Å². The SMILES string of the molecule is CC(=O)NC[C@H]1CN(c2ccc(-c3ccc(CSCc4ccncc4)cc3)c(F)c2)C(=O)O1. The maximum atomic E-state index is 14.9. The third-order valence-electron chi connectivity index (χ3n) is 5.27. The molecule has 0 aliphatic carbocycles. The smallest absolute Gasteiger partial charge is 0.414 e. The van der Waals surface area contributed by atoms with Crippen LogP contribution in [0.1, 0.15) is 18.1 Å². The van der Waals surface area contributed by atoms with E-state index in [1.807, 2.05) is 48.2 Å². The molecule has 1 N–H and O–H groups in total. The van der Waals surface area contributed by atoms with Crippen LogP contribution in [0.5, 0.6) is 0 Å². The van der Waals surface area contributed by atoms with Gasteiger partial charge in [-0.3, -0.25) is 14.7 Å². The van der Waals surface area contributed by atoms with Crippen LogP contribution in [0.3, 0.4) is 0 Å². The lowest BCUT2D eigenvalue weighted by Gasteiger charge is -2.14. The molecule has 4 rings (SSSR count). The van der Waals surface area contributed by atoms with Crippen LogP contribution in [0.4, 0.5) is 14.9 Å². The molecular formula is C25H24FN3O3S. The minimum Gasteiger partial charge on any atom is -0.442 e. The number of cyclic esters (lactones) is 1. The van der Waals surface area contributed by atoms with Crippen molar-refractivity contribution in [3.8, 4) is 11.1 Å². The van der Waals surface area contributed by atoms with Crippen LogP contribution < -0.4 is 10.2 Å². The summed E-state index contributed by atoms with van der Waals surface area (Å²) in [5.41, 5.74) is 4.07. The van der Waals surface area contributed by atoms with Crippen molar-refractivity contribution in [3.63, 3.8) is 0 Å². The van der Waals surface area contributed by atoms with E-state index in [9.17, 15) is 14.0 Å². The molecule has 1 fully saturated rings. The lowest BCUT2D eigenvalue weighted by Crippen LogP contribution is -2.33. The van der Waals surface area contributed by atoms with E-state index in [4.69, 9.17) is 4.74 Å². The molecule has 33 heavy (non-hydrogen) atoms. The number of thioether (sulfide) groups is 1. The molecule has 0 unspecified atom stereocenters. The highest BCUT2D eigenvalue weighted by Gasteiger charge is 2.32. The third kappa shape index (κ3) is 5.90. The Hall–Kier alpha value is -3.39. The first-order valence-corrected chi connectivity index (χ1v) is 11.7. The Bertz CT molecular complexity index is 1130. The number of nitrogens with zero attached hydrogens (tertiary/aromatic N) is 2. The van der Waals surface area contributed by atoms with Gasteiger partial charge in [0.1, 0.15) is 11.9 Å². The first-order chi connectivity index (χ1) is 16.0. The van der Waals surface area contributed by atoms with Crippen molar-refractivity contribution in [2.24, 2.45) is 0 Å². The lowest BCUT2D eigenvalue weighted by atomic mass is 10.0. The molecule has 0 radical (unpaired) electrons. The summed E-state index contributed by atoms with van der Waals surface area (Å²) in [6.45, 7) is 1.88. The maximum Gasteiger partial charge on any atom is 0.414 e. The van der Waals surface area contributed by atoms with Crippen molar-refractivity contribution >= 4 is 29.4 Å². The highest BCUT2D eigenvalue weighted by Crippen LogP contribution is 2.30. The topological polar surface area (TPSA) is 71.5 Å². The molecule has 0 bridgehead atoms. The van der Waals surface area contributed by atoms with E-state index in [2.05, 4.69) is 10.3 Å². The summed E-state index contributed by atoms with van der Waals surface area (Å²) in [7, 11) is 0. The van der Waals surface area contributed by atoms with Gasteiger partial charge in [0.25, 0.3) is 0 Å². The van der Waals surface area contributed by atoms with E-state index < -0.39 is 18.0 Å². The van der Waals surface area contributed by atoms with Crippen molar-refractivity contribution < 1.29 is 18.7 Å². The summed E-state index contributed by atoms with van der Waals surface area (Å²) < 4.78 is 20.2. The fourth-order valence-corrected chi connectivity index (χ4v) is 4.51.